The summed E-state index contributed by atoms with van der Waals surface area (Å²) in [5, 5.41) is 13.2. The molecule has 6 heteroatoms. The third kappa shape index (κ3) is 4.06. The largest absolute Gasteiger partial charge is 0.508 e. The number of methoxy groups -OCH3 is 1. The van der Waals surface area contributed by atoms with Gasteiger partial charge >= 0.3 is 0 Å². The molecule has 0 saturated heterocycles. The van der Waals surface area contributed by atoms with E-state index in [4.69, 9.17) is 4.74 Å². The van der Waals surface area contributed by atoms with Crippen LogP contribution in [0, 0.1) is 0 Å². The Hall–Kier alpha value is -2.34. The molecule has 1 amide bonds. The Kier molecular flexibility index (Phi) is 4.94. The first kappa shape index (κ1) is 15.1. The Morgan fingerprint density at radius 3 is 2.86 bits per heavy atom. The van der Waals surface area contributed by atoms with Gasteiger partial charge in [-0.15, -0.1) is 0 Å². The van der Waals surface area contributed by atoms with Crippen LogP contribution in [-0.2, 0) is 0 Å². The predicted octanol–water partition coefficient (Wildman–Crippen LogP) is 2.93. The molecule has 2 aromatic rings. The molecule has 0 saturated carbocycles. The van der Waals surface area contributed by atoms with Crippen LogP contribution in [0.15, 0.2) is 52.0 Å². The second-order valence-corrected chi connectivity index (χ2v) is 5.05. The van der Waals surface area contributed by atoms with Crippen LogP contribution in [0.1, 0.15) is 15.9 Å². The highest BCUT2D eigenvalue weighted by Gasteiger charge is 2.05. The number of rotatable bonds is 4. The molecule has 0 aliphatic heterocycles. The van der Waals surface area contributed by atoms with Gasteiger partial charge in [0.2, 0.25) is 0 Å². The Morgan fingerprint density at radius 1 is 1.33 bits per heavy atom. The minimum absolute atomic E-state index is 0.0280. The van der Waals surface area contributed by atoms with E-state index < -0.39 is 5.91 Å². The molecule has 0 heterocycles. The molecular formula is C15H13BrN2O3. The van der Waals surface area contributed by atoms with Gasteiger partial charge in [-0.1, -0.05) is 22.0 Å². The lowest BCUT2D eigenvalue weighted by Crippen LogP contribution is -2.17. The molecule has 0 spiro atoms. The fourth-order valence-electron chi connectivity index (χ4n) is 1.68. The molecule has 0 unspecified atom stereocenters. The van der Waals surface area contributed by atoms with Crippen LogP contribution in [-0.4, -0.2) is 24.3 Å². The normalized spacial score (nSPS) is 10.6. The van der Waals surface area contributed by atoms with Gasteiger partial charge in [0, 0.05) is 15.6 Å². The van der Waals surface area contributed by atoms with Gasteiger partial charge in [-0.3, -0.25) is 4.79 Å². The number of phenols is 1. The minimum atomic E-state index is -0.406. The Morgan fingerprint density at radius 2 is 2.14 bits per heavy atom. The molecule has 21 heavy (non-hydrogen) atoms. The highest BCUT2D eigenvalue weighted by molar-refractivity contribution is 9.10. The molecular weight excluding hydrogens is 336 g/mol. The maximum atomic E-state index is 11.8. The molecule has 0 bridgehead atoms. The first-order chi connectivity index (χ1) is 10.1. The number of halogens is 1. The highest BCUT2D eigenvalue weighted by atomic mass is 79.9. The van der Waals surface area contributed by atoms with Gasteiger partial charge in [-0.05, 0) is 36.4 Å². The molecule has 2 aromatic carbocycles. The molecule has 5 nitrogen and oxygen atoms in total. The van der Waals surface area contributed by atoms with Crippen molar-refractivity contribution < 1.29 is 14.6 Å². The number of nitrogens with one attached hydrogen (secondary N) is 1. The van der Waals surface area contributed by atoms with E-state index in [1.807, 2.05) is 12.1 Å². The van der Waals surface area contributed by atoms with Crippen molar-refractivity contribution in [2.45, 2.75) is 0 Å². The lowest BCUT2D eigenvalue weighted by Gasteiger charge is -2.04. The second kappa shape index (κ2) is 6.90. The second-order valence-electron chi connectivity index (χ2n) is 4.14. The molecule has 2 N–H and O–H groups in total. The van der Waals surface area contributed by atoms with Crippen molar-refractivity contribution in [2.75, 3.05) is 7.11 Å². The number of amides is 1. The predicted molar refractivity (Wildman–Crippen MR) is 83.9 cm³/mol. The SMILES string of the molecule is COc1ccc(Br)cc1C=NNC(=O)c1cccc(O)c1. The molecule has 0 aliphatic rings. The first-order valence-corrected chi connectivity index (χ1v) is 6.85. The first-order valence-electron chi connectivity index (χ1n) is 6.06. The molecule has 2 rings (SSSR count). The summed E-state index contributed by atoms with van der Waals surface area (Å²) in [6, 6.07) is 11.5. The molecule has 0 atom stereocenters. The van der Waals surface area contributed by atoms with Crippen molar-refractivity contribution in [1.29, 1.82) is 0 Å². The third-order valence-electron chi connectivity index (χ3n) is 2.67. The topological polar surface area (TPSA) is 70.9 Å². The fourth-order valence-corrected chi connectivity index (χ4v) is 2.06. The van der Waals surface area contributed by atoms with Gasteiger partial charge < -0.3 is 9.84 Å². The van der Waals surface area contributed by atoms with Gasteiger partial charge in [0.15, 0.2) is 0 Å². The zero-order chi connectivity index (χ0) is 15.2. The maximum Gasteiger partial charge on any atom is 0.271 e. The zero-order valence-electron chi connectivity index (χ0n) is 11.2. The summed E-state index contributed by atoms with van der Waals surface area (Å²) in [4.78, 5) is 11.8. The number of nitrogens with zero attached hydrogens (tertiary/aromatic N) is 1. The van der Waals surface area contributed by atoms with E-state index in [1.54, 1.807) is 25.3 Å². The van der Waals surface area contributed by atoms with Crippen LogP contribution < -0.4 is 10.2 Å². The highest BCUT2D eigenvalue weighted by Crippen LogP contribution is 2.21. The van der Waals surface area contributed by atoms with E-state index in [0.29, 0.717) is 11.3 Å². The summed E-state index contributed by atoms with van der Waals surface area (Å²) < 4.78 is 6.08. The number of hydrogen-bond acceptors (Lipinski definition) is 4. The molecule has 0 radical (unpaired) electrons. The van der Waals surface area contributed by atoms with E-state index in [-0.39, 0.29) is 5.75 Å². The third-order valence-corrected chi connectivity index (χ3v) is 3.16. The Labute approximate surface area is 130 Å². The number of benzene rings is 2. The molecule has 108 valence electrons. The number of aromatic hydroxyl groups is 1. The summed E-state index contributed by atoms with van der Waals surface area (Å²) in [7, 11) is 1.56. The van der Waals surface area contributed by atoms with Crippen LogP contribution in [0.3, 0.4) is 0 Å². The van der Waals surface area contributed by atoms with Crippen molar-refractivity contribution in [2.24, 2.45) is 5.10 Å². The monoisotopic (exact) mass is 348 g/mol. The van der Waals surface area contributed by atoms with E-state index in [0.717, 1.165) is 10.0 Å². The number of carbonyl (C=O) groups is 1. The van der Waals surface area contributed by atoms with Gasteiger partial charge in [-0.2, -0.15) is 5.10 Å². The van der Waals surface area contributed by atoms with Crippen molar-refractivity contribution in [3.05, 3.63) is 58.1 Å². The average molecular weight is 349 g/mol. The molecule has 0 aliphatic carbocycles. The van der Waals surface area contributed by atoms with Gasteiger partial charge in [-0.25, -0.2) is 5.43 Å². The van der Waals surface area contributed by atoms with E-state index in [2.05, 4.69) is 26.5 Å². The Balaban J connectivity index is 2.09. The number of ether oxygens (including phenoxy) is 1. The number of phenolic OH excluding ortho intramolecular Hbond substituents is 1. The van der Waals surface area contributed by atoms with Gasteiger partial charge in [0.25, 0.3) is 5.91 Å². The van der Waals surface area contributed by atoms with Gasteiger partial charge in [0.05, 0.1) is 13.3 Å². The van der Waals surface area contributed by atoms with Crippen LogP contribution in [0.5, 0.6) is 11.5 Å². The standard InChI is InChI=1S/C15H13BrN2O3/c1-21-14-6-5-12(16)7-11(14)9-17-18-15(20)10-3-2-4-13(19)8-10/h2-9,19H,1H3,(H,18,20). The summed E-state index contributed by atoms with van der Waals surface area (Å²) in [6.45, 7) is 0. The number of hydrazone groups is 1. The lowest BCUT2D eigenvalue weighted by molar-refractivity contribution is 0.0954. The van der Waals surface area contributed by atoms with Crippen molar-refractivity contribution in [3.63, 3.8) is 0 Å². The average Bonchev–Trinajstić information content (AvgIpc) is 2.47. The van der Waals surface area contributed by atoms with Crippen molar-refractivity contribution >= 4 is 28.1 Å². The fraction of sp³-hybridized carbons (Fsp3) is 0.0667. The molecule has 0 fully saturated rings. The summed E-state index contributed by atoms with van der Waals surface area (Å²) in [6.07, 6.45) is 1.49. The Bertz CT molecular complexity index is 686. The summed E-state index contributed by atoms with van der Waals surface area (Å²) in [5.41, 5.74) is 3.45. The van der Waals surface area contributed by atoms with Gasteiger partial charge in [0.1, 0.15) is 11.5 Å². The minimum Gasteiger partial charge on any atom is -0.508 e. The quantitative estimate of drug-likeness (QED) is 0.659. The number of carbonyl (C=O) groups excluding carboxylic acids is 1. The van der Waals surface area contributed by atoms with E-state index in [9.17, 15) is 9.90 Å². The number of hydrogen-bond donors (Lipinski definition) is 2. The lowest BCUT2D eigenvalue weighted by atomic mass is 10.2. The smallest absolute Gasteiger partial charge is 0.271 e. The zero-order valence-corrected chi connectivity index (χ0v) is 12.8. The van der Waals surface area contributed by atoms with Crippen LogP contribution >= 0.6 is 15.9 Å². The van der Waals surface area contributed by atoms with E-state index in [1.165, 1.54) is 18.3 Å². The molecule has 0 aromatic heterocycles. The van der Waals surface area contributed by atoms with Crippen molar-refractivity contribution in [1.82, 2.24) is 5.43 Å². The van der Waals surface area contributed by atoms with E-state index >= 15 is 0 Å². The maximum absolute atomic E-state index is 11.8. The van der Waals surface area contributed by atoms with Crippen LogP contribution in [0.4, 0.5) is 0 Å². The van der Waals surface area contributed by atoms with Crippen molar-refractivity contribution in [3.8, 4) is 11.5 Å². The summed E-state index contributed by atoms with van der Waals surface area (Å²) >= 11 is 3.36. The van der Waals surface area contributed by atoms with Crippen LogP contribution in [0.2, 0.25) is 0 Å². The van der Waals surface area contributed by atoms with Crippen LogP contribution in [0.25, 0.3) is 0 Å². The summed E-state index contributed by atoms with van der Waals surface area (Å²) in [5.74, 6) is 0.268.